The van der Waals surface area contributed by atoms with Crippen LogP contribution in [0.2, 0.25) is 0 Å². The summed E-state index contributed by atoms with van der Waals surface area (Å²) in [7, 11) is 1.56. The molecule has 2 heterocycles. The lowest BCUT2D eigenvalue weighted by atomic mass is 10.4. The van der Waals surface area contributed by atoms with Crippen molar-refractivity contribution in [3.63, 3.8) is 0 Å². The maximum atomic E-state index is 11.0. The van der Waals surface area contributed by atoms with Gasteiger partial charge in [0.05, 0.1) is 6.54 Å². The van der Waals surface area contributed by atoms with Crippen LogP contribution in [0.4, 0.5) is 0 Å². The SMILES string of the molecule is O=S(=O)(Cl)N1CCn2cnnc2C1. The van der Waals surface area contributed by atoms with Crippen molar-refractivity contribution >= 4 is 19.9 Å². The van der Waals surface area contributed by atoms with E-state index in [1.165, 1.54) is 4.31 Å². The van der Waals surface area contributed by atoms with E-state index in [2.05, 4.69) is 10.2 Å². The van der Waals surface area contributed by atoms with E-state index in [4.69, 9.17) is 10.7 Å². The van der Waals surface area contributed by atoms with Gasteiger partial charge in [-0.2, -0.15) is 12.7 Å². The largest absolute Gasteiger partial charge is 0.315 e. The number of halogens is 1. The summed E-state index contributed by atoms with van der Waals surface area (Å²) in [4.78, 5) is 0. The summed E-state index contributed by atoms with van der Waals surface area (Å²) >= 11 is 0. The van der Waals surface area contributed by atoms with Gasteiger partial charge < -0.3 is 4.57 Å². The van der Waals surface area contributed by atoms with Gasteiger partial charge in [0, 0.05) is 23.8 Å². The van der Waals surface area contributed by atoms with Gasteiger partial charge in [-0.25, -0.2) is 0 Å². The Labute approximate surface area is 79.7 Å². The van der Waals surface area contributed by atoms with Crippen molar-refractivity contribution in [2.45, 2.75) is 13.1 Å². The first kappa shape index (κ1) is 8.92. The number of aromatic nitrogens is 3. The lowest BCUT2D eigenvalue weighted by Crippen LogP contribution is -2.35. The molecular formula is C5H7ClN4O2S. The Morgan fingerprint density at radius 3 is 2.92 bits per heavy atom. The van der Waals surface area contributed by atoms with Gasteiger partial charge >= 0.3 is 0 Å². The van der Waals surface area contributed by atoms with Gasteiger partial charge in [0.2, 0.25) is 0 Å². The molecule has 0 atom stereocenters. The second kappa shape index (κ2) is 2.93. The summed E-state index contributed by atoms with van der Waals surface area (Å²) < 4.78 is 24.9. The molecule has 0 amide bonds. The minimum atomic E-state index is -3.62. The van der Waals surface area contributed by atoms with Gasteiger partial charge in [0.15, 0.2) is 0 Å². The van der Waals surface area contributed by atoms with Crippen molar-refractivity contribution in [3.8, 4) is 0 Å². The van der Waals surface area contributed by atoms with E-state index in [1.807, 2.05) is 0 Å². The molecule has 1 aliphatic rings. The summed E-state index contributed by atoms with van der Waals surface area (Å²) in [6, 6.07) is 0. The zero-order valence-corrected chi connectivity index (χ0v) is 8.16. The molecule has 0 unspecified atom stereocenters. The van der Waals surface area contributed by atoms with E-state index >= 15 is 0 Å². The van der Waals surface area contributed by atoms with Crippen LogP contribution in [0.3, 0.4) is 0 Å². The van der Waals surface area contributed by atoms with Crippen LogP contribution >= 0.6 is 10.7 Å². The average Bonchev–Trinajstić information content (AvgIpc) is 2.47. The zero-order valence-electron chi connectivity index (χ0n) is 6.59. The van der Waals surface area contributed by atoms with Crippen LogP contribution in [-0.2, 0) is 22.3 Å². The van der Waals surface area contributed by atoms with Gasteiger partial charge in [0.25, 0.3) is 9.24 Å². The fourth-order valence-electron chi connectivity index (χ4n) is 1.23. The number of hydrogen-bond acceptors (Lipinski definition) is 4. The van der Waals surface area contributed by atoms with Crippen molar-refractivity contribution in [2.24, 2.45) is 0 Å². The van der Waals surface area contributed by atoms with E-state index < -0.39 is 9.24 Å². The molecule has 1 aromatic heterocycles. The second-order valence-electron chi connectivity index (χ2n) is 2.72. The Morgan fingerprint density at radius 1 is 1.46 bits per heavy atom. The second-order valence-corrected chi connectivity index (χ2v) is 5.23. The lowest BCUT2D eigenvalue weighted by Gasteiger charge is -2.23. The van der Waals surface area contributed by atoms with Crippen LogP contribution in [0.15, 0.2) is 6.33 Å². The highest BCUT2D eigenvalue weighted by atomic mass is 35.7. The van der Waals surface area contributed by atoms with Crippen molar-refractivity contribution in [1.82, 2.24) is 19.1 Å². The highest BCUT2D eigenvalue weighted by Gasteiger charge is 2.25. The van der Waals surface area contributed by atoms with Crippen molar-refractivity contribution in [3.05, 3.63) is 12.2 Å². The van der Waals surface area contributed by atoms with E-state index in [0.29, 0.717) is 18.9 Å². The number of rotatable bonds is 1. The van der Waals surface area contributed by atoms with Gasteiger partial charge in [-0.05, 0) is 0 Å². The molecule has 1 aliphatic heterocycles. The van der Waals surface area contributed by atoms with Crippen LogP contribution in [0.5, 0.6) is 0 Å². The highest BCUT2D eigenvalue weighted by molar-refractivity contribution is 8.11. The summed E-state index contributed by atoms with van der Waals surface area (Å²) in [5.74, 6) is 0.621. The minimum absolute atomic E-state index is 0.200. The molecule has 0 radical (unpaired) electrons. The first-order valence-corrected chi connectivity index (χ1v) is 5.90. The van der Waals surface area contributed by atoms with Crippen LogP contribution in [0.25, 0.3) is 0 Å². The molecule has 2 rings (SSSR count). The summed E-state index contributed by atoms with van der Waals surface area (Å²) in [5, 5.41) is 7.44. The van der Waals surface area contributed by atoms with E-state index in [9.17, 15) is 8.42 Å². The summed E-state index contributed by atoms with van der Waals surface area (Å²) in [5.41, 5.74) is 0. The normalized spacial score (nSPS) is 18.5. The van der Waals surface area contributed by atoms with Crippen LogP contribution in [0.1, 0.15) is 5.82 Å². The maximum absolute atomic E-state index is 11.0. The molecule has 0 spiro atoms. The van der Waals surface area contributed by atoms with Crippen LogP contribution < -0.4 is 0 Å². The predicted octanol–water partition coefficient (Wildman–Crippen LogP) is -0.423. The monoisotopic (exact) mass is 222 g/mol. The van der Waals surface area contributed by atoms with Crippen molar-refractivity contribution in [2.75, 3.05) is 6.54 Å². The Bertz CT molecular complexity index is 414. The molecule has 6 nitrogen and oxygen atoms in total. The van der Waals surface area contributed by atoms with Gasteiger partial charge in [-0.3, -0.25) is 0 Å². The summed E-state index contributed by atoms with van der Waals surface area (Å²) in [6.07, 6.45) is 1.58. The van der Waals surface area contributed by atoms with Crippen molar-refractivity contribution < 1.29 is 8.42 Å². The Morgan fingerprint density at radius 2 is 2.23 bits per heavy atom. The van der Waals surface area contributed by atoms with Gasteiger partial charge in [-0.1, -0.05) is 0 Å². The smallest absolute Gasteiger partial charge is 0.300 e. The first-order chi connectivity index (χ1) is 6.07. The molecule has 0 bridgehead atoms. The number of fused-ring (bicyclic) bond motifs is 1. The topological polar surface area (TPSA) is 68.1 Å². The molecule has 0 saturated carbocycles. The predicted molar refractivity (Wildman–Crippen MR) is 45.2 cm³/mol. The molecule has 0 N–H and O–H groups in total. The van der Waals surface area contributed by atoms with Gasteiger partial charge in [0.1, 0.15) is 12.2 Å². The molecule has 13 heavy (non-hydrogen) atoms. The zero-order chi connectivity index (χ0) is 9.47. The fraction of sp³-hybridized carbons (Fsp3) is 0.600. The van der Waals surface area contributed by atoms with Gasteiger partial charge in [-0.15, -0.1) is 10.2 Å². The summed E-state index contributed by atoms with van der Waals surface area (Å²) in [6.45, 7) is 1.12. The third-order valence-electron chi connectivity index (χ3n) is 1.91. The molecule has 0 aliphatic carbocycles. The quantitative estimate of drug-likeness (QED) is 0.605. The van der Waals surface area contributed by atoms with E-state index in [0.717, 1.165) is 0 Å². The molecule has 1 aromatic rings. The molecule has 0 saturated heterocycles. The van der Waals surface area contributed by atoms with Crippen LogP contribution in [0, 0.1) is 0 Å². The molecule has 8 heteroatoms. The third-order valence-corrected chi connectivity index (χ3v) is 3.43. The Hall–Kier alpha value is -0.660. The Kier molecular flexibility index (Phi) is 2.01. The minimum Gasteiger partial charge on any atom is -0.315 e. The average molecular weight is 223 g/mol. The third kappa shape index (κ3) is 1.67. The number of nitrogens with zero attached hydrogens (tertiary/aromatic N) is 4. The first-order valence-electron chi connectivity index (χ1n) is 3.64. The maximum Gasteiger partial charge on any atom is 0.300 e. The lowest BCUT2D eigenvalue weighted by molar-refractivity contribution is 0.342. The molecule has 0 fully saturated rings. The Balaban J connectivity index is 2.27. The highest BCUT2D eigenvalue weighted by Crippen LogP contribution is 2.15. The standard InChI is InChI=1S/C5H7ClN4O2S/c6-13(11,12)10-2-1-9-4-7-8-5(9)3-10/h4H,1-3H2. The molecular weight excluding hydrogens is 216 g/mol. The fourth-order valence-corrected chi connectivity index (χ4v) is 2.15. The van der Waals surface area contributed by atoms with Crippen LogP contribution in [-0.4, -0.2) is 34.0 Å². The van der Waals surface area contributed by atoms with E-state index in [1.54, 1.807) is 10.9 Å². The molecule has 0 aromatic carbocycles. The van der Waals surface area contributed by atoms with E-state index in [-0.39, 0.29) is 6.54 Å². The molecule has 72 valence electrons. The number of hydrogen-bond donors (Lipinski definition) is 0. The van der Waals surface area contributed by atoms with Crippen molar-refractivity contribution in [1.29, 1.82) is 0 Å².